The molecule has 1 saturated heterocycles. The molecule has 104 valence electrons. The molecule has 3 unspecified atom stereocenters. The number of hydrogen-bond donors (Lipinski definition) is 1. The van der Waals surface area contributed by atoms with Gasteiger partial charge in [-0.05, 0) is 50.7 Å². The molecule has 1 heterocycles. The summed E-state index contributed by atoms with van der Waals surface area (Å²) in [5.74, 6) is 0.944. The zero-order chi connectivity index (χ0) is 13.4. The second kappa shape index (κ2) is 5.26. The zero-order valence-corrected chi connectivity index (χ0v) is 12.4. The molecule has 1 aromatic carbocycles. The Morgan fingerprint density at radius 3 is 2.68 bits per heavy atom. The summed E-state index contributed by atoms with van der Waals surface area (Å²) in [6.45, 7) is 9.30. The van der Waals surface area contributed by atoms with Gasteiger partial charge in [-0.2, -0.15) is 0 Å². The molecule has 0 bridgehead atoms. The van der Waals surface area contributed by atoms with E-state index in [2.05, 4.69) is 55.3 Å². The Bertz CT molecular complexity index is 439. The lowest BCUT2D eigenvalue weighted by Gasteiger charge is -2.43. The molecule has 0 spiro atoms. The van der Waals surface area contributed by atoms with E-state index in [1.54, 1.807) is 0 Å². The summed E-state index contributed by atoms with van der Waals surface area (Å²) in [7, 11) is 0. The van der Waals surface area contributed by atoms with E-state index in [1.165, 1.54) is 30.5 Å². The standard InChI is InChI=1S/C17H26N2/c1-12-6-4-5-7-16(12)14(3)19-11-17(15-8-9-15)18-10-13(19)2/h4-7,13-15,17-18H,8-11H2,1-3H3. The topological polar surface area (TPSA) is 15.3 Å². The molecule has 3 atom stereocenters. The number of hydrogen-bond acceptors (Lipinski definition) is 2. The molecule has 2 aliphatic rings. The predicted octanol–water partition coefficient (Wildman–Crippen LogP) is 3.13. The van der Waals surface area contributed by atoms with Crippen molar-refractivity contribution in [3.05, 3.63) is 35.4 Å². The molecule has 0 aromatic heterocycles. The first kappa shape index (κ1) is 13.1. The lowest BCUT2D eigenvalue weighted by atomic mass is 9.97. The van der Waals surface area contributed by atoms with Gasteiger partial charge in [-0.15, -0.1) is 0 Å². The van der Waals surface area contributed by atoms with Crippen LogP contribution in [-0.4, -0.2) is 30.1 Å². The van der Waals surface area contributed by atoms with Crippen LogP contribution < -0.4 is 5.32 Å². The Morgan fingerprint density at radius 2 is 2.00 bits per heavy atom. The first-order valence-corrected chi connectivity index (χ1v) is 7.71. The van der Waals surface area contributed by atoms with Gasteiger partial charge in [0, 0.05) is 31.2 Å². The first-order chi connectivity index (χ1) is 9.16. The third-order valence-electron chi connectivity index (χ3n) is 4.98. The van der Waals surface area contributed by atoms with Gasteiger partial charge < -0.3 is 5.32 Å². The van der Waals surface area contributed by atoms with E-state index in [9.17, 15) is 0 Å². The fourth-order valence-corrected chi connectivity index (χ4v) is 3.50. The van der Waals surface area contributed by atoms with Crippen LogP contribution >= 0.6 is 0 Å². The van der Waals surface area contributed by atoms with Gasteiger partial charge in [0.05, 0.1) is 0 Å². The number of benzene rings is 1. The highest BCUT2D eigenvalue weighted by Gasteiger charge is 2.37. The van der Waals surface area contributed by atoms with Crippen molar-refractivity contribution < 1.29 is 0 Å². The smallest absolute Gasteiger partial charge is 0.0326 e. The summed E-state index contributed by atoms with van der Waals surface area (Å²) in [5.41, 5.74) is 2.91. The van der Waals surface area contributed by atoms with Gasteiger partial charge in [-0.25, -0.2) is 0 Å². The highest BCUT2D eigenvalue weighted by atomic mass is 15.3. The van der Waals surface area contributed by atoms with Crippen LogP contribution in [0.5, 0.6) is 0 Å². The van der Waals surface area contributed by atoms with E-state index in [1.807, 2.05) is 0 Å². The second-order valence-corrected chi connectivity index (χ2v) is 6.43. The molecular weight excluding hydrogens is 232 g/mol. The van der Waals surface area contributed by atoms with Crippen molar-refractivity contribution in [2.75, 3.05) is 13.1 Å². The van der Waals surface area contributed by atoms with Crippen LogP contribution in [0.3, 0.4) is 0 Å². The Morgan fingerprint density at radius 1 is 1.26 bits per heavy atom. The Kier molecular flexibility index (Phi) is 3.64. The van der Waals surface area contributed by atoms with Crippen molar-refractivity contribution in [1.82, 2.24) is 10.2 Å². The number of piperazine rings is 1. The summed E-state index contributed by atoms with van der Waals surface area (Å²) in [4.78, 5) is 2.70. The molecule has 2 nitrogen and oxygen atoms in total. The molecule has 0 radical (unpaired) electrons. The average molecular weight is 258 g/mol. The van der Waals surface area contributed by atoms with Gasteiger partial charge in [0.2, 0.25) is 0 Å². The summed E-state index contributed by atoms with van der Waals surface area (Å²) in [6, 6.07) is 10.7. The quantitative estimate of drug-likeness (QED) is 0.896. The molecule has 1 aromatic rings. The fraction of sp³-hybridized carbons (Fsp3) is 0.647. The van der Waals surface area contributed by atoms with Crippen LogP contribution in [0.1, 0.15) is 43.9 Å². The first-order valence-electron chi connectivity index (χ1n) is 7.71. The number of nitrogens with one attached hydrogen (secondary N) is 1. The highest BCUT2D eigenvalue weighted by molar-refractivity contribution is 5.28. The van der Waals surface area contributed by atoms with Crippen LogP contribution in [0.15, 0.2) is 24.3 Å². The lowest BCUT2D eigenvalue weighted by molar-refractivity contribution is 0.0922. The van der Waals surface area contributed by atoms with Crippen molar-refractivity contribution in [2.24, 2.45) is 5.92 Å². The molecule has 2 heteroatoms. The maximum absolute atomic E-state index is 3.74. The van der Waals surface area contributed by atoms with Crippen LogP contribution in [0.2, 0.25) is 0 Å². The van der Waals surface area contributed by atoms with E-state index in [0.29, 0.717) is 12.1 Å². The third kappa shape index (κ3) is 2.70. The lowest BCUT2D eigenvalue weighted by Crippen LogP contribution is -2.56. The summed E-state index contributed by atoms with van der Waals surface area (Å²) in [6.07, 6.45) is 2.86. The van der Waals surface area contributed by atoms with Gasteiger partial charge in [-0.1, -0.05) is 24.3 Å². The van der Waals surface area contributed by atoms with Crippen molar-refractivity contribution in [3.63, 3.8) is 0 Å². The highest BCUT2D eigenvalue weighted by Crippen LogP contribution is 2.36. The van der Waals surface area contributed by atoms with Gasteiger partial charge in [0.15, 0.2) is 0 Å². The van der Waals surface area contributed by atoms with Crippen molar-refractivity contribution in [1.29, 1.82) is 0 Å². The van der Waals surface area contributed by atoms with Gasteiger partial charge in [-0.3, -0.25) is 4.90 Å². The van der Waals surface area contributed by atoms with Gasteiger partial charge >= 0.3 is 0 Å². The predicted molar refractivity (Wildman–Crippen MR) is 80.3 cm³/mol. The number of rotatable bonds is 3. The minimum atomic E-state index is 0.527. The summed E-state index contributed by atoms with van der Waals surface area (Å²) in [5, 5.41) is 3.74. The largest absolute Gasteiger partial charge is 0.311 e. The summed E-state index contributed by atoms with van der Waals surface area (Å²) < 4.78 is 0. The van der Waals surface area contributed by atoms with Crippen molar-refractivity contribution in [2.45, 2.75) is 51.7 Å². The van der Waals surface area contributed by atoms with E-state index in [4.69, 9.17) is 0 Å². The normalized spacial score (nSPS) is 30.3. The Labute approximate surface area is 117 Å². The minimum absolute atomic E-state index is 0.527. The van der Waals surface area contributed by atoms with E-state index in [0.717, 1.165) is 18.5 Å². The monoisotopic (exact) mass is 258 g/mol. The minimum Gasteiger partial charge on any atom is -0.311 e. The molecule has 2 fully saturated rings. The molecule has 3 rings (SSSR count). The van der Waals surface area contributed by atoms with Gasteiger partial charge in [0.25, 0.3) is 0 Å². The second-order valence-electron chi connectivity index (χ2n) is 6.43. The third-order valence-corrected chi connectivity index (χ3v) is 4.98. The average Bonchev–Trinajstić information content (AvgIpc) is 3.23. The zero-order valence-electron chi connectivity index (χ0n) is 12.4. The molecular formula is C17H26N2. The SMILES string of the molecule is Cc1ccccc1C(C)N1CC(C2CC2)NCC1C. The van der Waals surface area contributed by atoms with Crippen LogP contribution in [0.25, 0.3) is 0 Å². The molecule has 1 N–H and O–H groups in total. The van der Waals surface area contributed by atoms with Crippen molar-refractivity contribution in [3.8, 4) is 0 Å². The Balaban J connectivity index is 1.77. The van der Waals surface area contributed by atoms with Gasteiger partial charge in [0.1, 0.15) is 0 Å². The number of aryl methyl sites for hydroxylation is 1. The maximum atomic E-state index is 3.74. The maximum Gasteiger partial charge on any atom is 0.0326 e. The van der Waals surface area contributed by atoms with Crippen LogP contribution in [0.4, 0.5) is 0 Å². The van der Waals surface area contributed by atoms with E-state index >= 15 is 0 Å². The van der Waals surface area contributed by atoms with Crippen LogP contribution in [-0.2, 0) is 0 Å². The number of nitrogens with zero attached hydrogens (tertiary/aromatic N) is 1. The molecule has 1 aliphatic heterocycles. The van der Waals surface area contributed by atoms with Crippen molar-refractivity contribution >= 4 is 0 Å². The summed E-state index contributed by atoms with van der Waals surface area (Å²) >= 11 is 0. The molecule has 0 amide bonds. The molecule has 19 heavy (non-hydrogen) atoms. The van der Waals surface area contributed by atoms with Crippen LogP contribution in [0, 0.1) is 12.8 Å². The Hall–Kier alpha value is -0.860. The van der Waals surface area contributed by atoms with E-state index in [-0.39, 0.29) is 0 Å². The van der Waals surface area contributed by atoms with E-state index < -0.39 is 0 Å². The molecule has 1 saturated carbocycles. The molecule has 1 aliphatic carbocycles. The fourth-order valence-electron chi connectivity index (χ4n) is 3.50.